The molecule has 1 aliphatic heterocycles. The molecule has 24 heavy (non-hydrogen) atoms. The highest BCUT2D eigenvalue weighted by Crippen LogP contribution is 2.25. The lowest BCUT2D eigenvalue weighted by Crippen LogP contribution is -2.45. The summed E-state index contributed by atoms with van der Waals surface area (Å²) in [5, 5.41) is 6.93. The van der Waals surface area contributed by atoms with E-state index in [4.69, 9.17) is 0 Å². The summed E-state index contributed by atoms with van der Waals surface area (Å²) in [5.74, 6) is -0.385. The molecule has 0 unspecified atom stereocenters. The smallest absolute Gasteiger partial charge is 0.247 e. The fourth-order valence-corrected chi connectivity index (χ4v) is 2.98. The van der Waals surface area contributed by atoms with Crippen LogP contribution in [0.3, 0.4) is 0 Å². The molecule has 0 aliphatic carbocycles. The van der Waals surface area contributed by atoms with Gasteiger partial charge in [-0.1, -0.05) is 6.58 Å². The number of likely N-dealkylation sites (tertiary alicyclic amines) is 1. The van der Waals surface area contributed by atoms with E-state index in [0.29, 0.717) is 12.1 Å². The third kappa shape index (κ3) is 3.05. The van der Waals surface area contributed by atoms with Crippen molar-refractivity contribution < 1.29 is 9.59 Å². The minimum Gasteiger partial charge on any atom is -0.324 e. The number of carbonyl (C=O) groups excluding carboxylic acids is 2. The van der Waals surface area contributed by atoms with Gasteiger partial charge in [0.1, 0.15) is 18.7 Å². The number of aromatic nitrogens is 3. The van der Waals surface area contributed by atoms with Gasteiger partial charge in [-0.2, -0.15) is 5.10 Å². The molecule has 2 atom stereocenters. The van der Waals surface area contributed by atoms with Crippen molar-refractivity contribution in [2.45, 2.75) is 31.8 Å². The molecule has 1 N–H and O–H groups in total. The third-order valence-electron chi connectivity index (χ3n) is 4.22. The zero-order valence-corrected chi connectivity index (χ0v) is 13.4. The molecule has 0 saturated carbocycles. The van der Waals surface area contributed by atoms with Gasteiger partial charge >= 0.3 is 0 Å². The van der Waals surface area contributed by atoms with Crippen LogP contribution in [0.4, 0.5) is 5.69 Å². The standard InChI is InChI=1S/C17H19N5O2/c1-3-16(23)22-12(2)4-9-15(22)17(24)20-13-5-7-14(8-6-13)21-11-18-10-19-21/h3,5-8,10-12,15H,1,4,9H2,2H3,(H,20,24)/t12-,15-/m0/s1. The van der Waals surface area contributed by atoms with Gasteiger partial charge in [0.15, 0.2) is 0 Å². The Morgan fingerprint density at radius 2 is 2.04 bits per heavy atom. The van der Waals surface area contributed by atoms with Crippen molar-refractivity contribution in [2.75, 3.05) is 5.32 Å². The highest BCUT2D eigenvalue weighted by molar-refractivity contribution is 5.99. The van der Waals surface area contributed by atoms with Crippen LogP contribution < -0.4 is 5.32 Å². The summed E-state index contributed by atoms with van der Waals surface area (Å²) in [6, 6.07) is 6.86. The lowest BCUT2D eigenvalue weighted by molar-refractivity contribution is -0.134. The van der Waals surface area contributed by atoms with E-state index in [2.05, 4.69) is 22.0 Å². The Labute approximate surface area is 140 Å². The number of carbonyl (C=O) groups is 2. The molecule has 0 radical (unpaired) electrons. The van der Waals surface area contributed by atoms with Crippen LogP contribution in [0.5, 0.6) is 0 Å². The quantitative estimate of drug-likeness (QED) is 0.869. The van der Waals surface area contributed by atoms with Crippen LogP contribution in [-0.2, 0) is 9.59 Å². The zero-order chi connectivity index (χ0) is 17.1. The summed E-state index contributed by atoms with van der Waals surface area (Å²) in [4.78, 5) is 30.0. The monoisotopic (exact) mass is 325 g/mol. The maximum absolute atomic E-state index is 12.5. The van der Waals surface area contributed by atoms with Crippen molar-refractivity contribution in [3.05, 3.63) is 49.6 Å². The number of nitrogens with one attached hydrogen (secondary N) is 1. The number of nitrogens with zero attached hydrogens (tertiary/aromatic N) is 4. The zero-order valence-electron chi connectivity index (χ0n) is 13.4. The molecule has 2 amide bonds. The summed E-state index contributed by atoms with van der Waals surface area (Å²) in [7, 11) is 0. The van der Waals surface area contributed by atoms with Gasteiger partial charge in [-0.3, -0.25) is 9.59 Å². The highest BCUT2D eigenvalue weighted by atomic mass is 16.2. The second-order valence-electron chi connectivity index (χ2n) is 5.77. The maximum Gasteiger partial charge on any atom is 0.247 e. The fourth-order valence-electron chi connectivity index (χ4n) is 2.98. The Hall–Kier alpha value is -2.96. The SMILES string of the molecule is C=CC(=O)N1[C@@H](C)CC[C@H]1C(=O)Nc1ccc(-n2cncn2)cc1. The number of hydrogen-bond donors (Lipinski definition) is 1. The number of anilines is 1. The molecule has 1 aliphatic rings. The van der Waals surface area contributed by atoms with Gasteiger partial charge in [0, 0.05) is 11.7 Å². The van der Waals surface area contributed by atoms with Crippen LogP contribution in [0.1, 0.15) is 19.8 Å². The lowest BCUT2D eigenvalue weighted by atomic mass is 10.2. The van der Waals surface area contributed by atoms with Crippen LogP contribution in [0.15, 0.2) is 49.6 Å². The Morgan fingerprint density at radius 1 is 1.29 bits per heavy atom. The van der Waals surface area contributed by atoms with Gasteiger partial charge in [-0.15, -0.1) is 0 Å². The molecule has 2 aromatic rings. The molecule has 1 aromatic heterocycles. The van der Waals surface area contributed by atoms with Crippen molar-refractivity contribution in [1.29, 1.82) is 0 Å². The van der Waals surface area contributed by atoms with E-state index in [9.17, 15) is 9.59 Å². The molecule has 1 fully saturated rings. The first-order chi connectivity index (χ1) is 11.6. The first-order valence-electron chi connectivity index (χ1n) is 7.81. The average Bonchev–Trinajstić information content (AvgIpc) is 3.24. The number of amides is 2. The van der Waals surface area contributed by atoms with Gasteiger partial charge in [0.2, 0.25) is 11.8 Å². The molecular weight excluding hydrogens is 306 g/mol. The fraction of sp³-hybridized carbons (Fsp3) is 0.294. The van der Waals surface area contributed by atoms with Gasteiger partial charge < -0.3 is 10.2 Å². The largest absolute Gasteiger partial charge is 0.324 e. The topological polar surface area (TPSA) is 80.1 Å². The molecule has 2 heterocycles. The summed E-state index contributed by atoms with van der Waals surface area (Å²) in [6.07, 6.45) is 5.79. The van der Waals surface area contributed by atoms with Crippen LogP contribution >= 0.6 is 0 Å². The van der Waals surface area contributed by atoms with Crippen LogP contribution in [0.25, 0.3) is 5.69 Å². The molecule has 0 bridgehead atoms. The highest BCUT2D eigenvalue weighted by Gasteiger charge is 2.37. The number of rotatable bonds is 4. The molecule has 124 valence electrons. The first-order valence-corrected chi connectivity index (χ1v) is 7.81. The molecule has 3 rings (SSSR count). The Bertz CT molecular complexity index is 739. The number of benzene rings is 1. The molecule has 7 heteroatoms. The Balaban J connectivity index is 1.70. The predicted octanol–water partition coefficient (Wildman–Crippen LogP) is 1.77. The molecular formula is C17H19N5O2. The normalized spacial score (nSPS) is 20.0. The minimum atomic E-state index is -0.458. The van der Waals surface area contributed by atoms with E-state index < -0.39 is 6.04 Å². The molecule has 1 saturated heterocycles. The van der Waals surface area contributed by atoms with E-state index in [-0.39, 0.29) is 17.9 Å². The van der Waals surface area contributed by atoms with E-state index in [1.165, 1.54) is 12.4 Å². The van der Waals surface area contributed by atoms with Crippen LogP contribution in [0, 0.1) is 0 Å². The van der Waals surface area contributed by atoms with Crippen molar-refractivity contribution in [2.24, 2.45) is 0 Å². The minimum absolute atomic E-state index is 0.0425. The van der Waals surface area contributed by atoms with Crippen LogP contribution in [0.2, 0.25) is 0 Å². The number of hydrogen-bond acceptors (Lipinski definition) is 4. The lowest BCUT2D eigenvalue weighted by Gasteiger charge is -2.26. The van der Waals surface area contributed by atoms with Gasteiger partial charge in [-0.05, 0) is 50.1 Å². The second kappa shape index (κ2) is 6.66. The Morgan fingerprint density at radius 3 is 2.67 bits per heavy atom. The van der Waals surface area contributed by atoms with Crippen molar-refractivity contribution in [3.8, 4) is 5.69 Å². The summed E-state index contributed by atoms with van der Waals surface area (Å²) < 4.78 is 1.63. The second-order valence-corrected chi connectivity index (χ2v) is 5.77. The Kier molecular flexibility index (Phi) is 4.41. The predicted molar refractivity (Wildman–Crippen MR) is 89.5 cm³/mol. The molecule has 1 aromatic carbocycles. The van der Waals surface area contributed by atoms with E-state index in [1.54, 1.807) is 28.0 Å². The molecule has 0 spiro atoms. The summed E-state index contributed by atoms with van der Waals surface area (Å²) in [5.41, 5.74) is 1.53. The summed E-state index contributed by atoms with van der Waals surface area (Å²) >= 11 is 0. The average molecular weight is 325 g/mol. The first kappa shape index (κ1) is 15.9. The van der Waals surface area contributed by atoms with E-state index in [1.807, 2.05) is 19.1 Å². The van der Waals surface area contributed by atoms with Gasteiger partial charge in [0.25, 0.3) is 0 Å². The molecule has 7 nitrogen and oxygen atoms in total. The van der Waals surface area contributed by atoms with Gasteiger partial charge in [0.05, 0.1) is 5.69 Å². The maximum atomic E-state index is 12.5. The van der Waals surface area contributed by atoms with Crippen molar-refractivity contribution >= 4 is 17.5 Å². The third-order valence-corrected chi connectivity index (χ3v) is 4.22. The van der Waals surface area contributed by atoms with E-state index >= 15 is 0 Å². The van der Waals surface area contributed by atoms with Crippen molar-refractivity contribution in [1.82, 2.24) is 19.7 Å². The summed E-state index contributed by atoms with van der Waals surface area (Å²) in [6.45, 7) is 5.46. The van der Waals surface area contributed by atoms with Crippen LogP contribution in [-0.4, -0.2) is 43.6 Å². The van der Waals surface area contributed by atoms with E-state index in [0.717, 1.165) is 12.1 Å². The van der Waals surface area contributed by atoms with Crippen molar-refractivity contribution in [3.63, 3.8) is 0 Å². The van der Waals surface area contributed by atoms with Gasteiger partial charge in [-0.25, -0.2) is 9.67 Å².